The van der Waals surface area contributed by atoms with Gasteiger partial charge in [-0.2, -0.15) is 0 Å². The number of rotatable bonds is 3. The van der Waals surface area contributed by atoms with Crippen molar-refractivity contribution in [1.29, 1.82) is 0 Å². The van der Waals surface area contributed by atoms with Crippen molar-refractivity contribution in [3.05, 3.63) is 0 Å². The van der Waals surface area contributed by atoms with Gasteiger partial charge in [-0.15, -0.1) is 0 Å². The molecule has 0 heterocycles. The fraction of sp³-hybridized carbons (Fsp3) is 0.857. The summed E-state index contributed by atoms with van der Waals surface area (Å²) in [6, 6.07) is 0. The van der Waals surface area contributed by atoms with E-state index in [1.165, 1.54) is 0 Å². The number of esters is 1. The Hall–Kier alpha value is -1.06. The van der Waals surface area contributed by atoms with Gasteiger partial charge >= 0.3 is 11.9 Å². The van der Waals surface area contributed by atoms with Gasteiger partial charge in [-0.3, -0.25) is 9.59 Å². The highest BCUT2D eigenvalue weighted by Gasteiger charge is 2.61. The summed E-state index contributed by atoms with van der Waals surface area (Å²) in [5.41, 5.74) is -1.60. The standard InChI is InChI=1S/C14H24O4/c1-12(2,3)18-10(15)7-9-8-14(6,11(16)17)13(9,4)5/h9H,7-8H2,1-6H3,(H,16,17)/t9-,14-/m0/s1. The highest BCUT2D eigenvalue weighted by atomic mass is 16.6. The number of carboxylic acid groups (broad SMARTS) is 1. The van der Waals surface area contributed by atoms with E-state index < -0.39 is 17.0 Å². The average Bonchev–Trinajstić information content (AvgIpc) is 2.13. The third kappa shape index (κ3) is 2.52. The summed E-state index contributed by atoms with van der Waals surface area (Å²) < 4.78 is 5.28. The Kier molecular flexibility index (Phi) is 3.54. The Morgan fingerprint density at radius 2 is 1.78 bits per heavy atom. The number of hydrogen-bond donors (Lipinski definition) is 1. The molecular formula is C14H24O4. The second-order valence-corrected chi connectivity index (χ2v) is 7.05. The van der Waals surface area contributed by atoms with Gasteiger partial charge in [0.05, 0.1) is 5.41 Å². The lowest BCUT2D eigenvalue weighted by Gasteiger charge is -2.57. The van der Waals surface area contributed by atoms with Crippen molar-refractivity contribution in [3.63, 3.8) is 0 Å². The molecule has 4 nitrogen and oxygen atoms in total. The second-order valence-electron chi connectivity index (χ2n) is 7.05. The van der Waals surface area contributed by atoms with Crippen LogP contribution in [0.2, 0.25) is 0 Å². The van der Waals surface area contributed by atoms with E-state index in [1.807, 2.05) is 34.6 Å². The number of carbonyl (C=O) groups is 2. The van der Waals surface area contributed by atoms with Crippen LogP contribution in [0.5, 0.6) is 0 Å². The first-order chi connectivity index (χ1) is 7.90. The van der Waals surface area contributed by atoms with Crippen LogP contribution in [0.15, 0.2) is 0 Å². The van der Waals surface area contributed by atoms with Gasteiger partial charge in [0.1, 0.15) is 5.60 Å². The minimum absolute atomic E-state index is 0.0773. The van der Waals surface area contributed by atoms with Crippen LogP contribution in [-0.4, -0.2) is 22.6 Å². The Labute approximate surface area is 109 Å². The van der Waals surface area contributed by atoms with Gasteiger partial charge in [0.2, 0.25) is 0 Å². The van der Waals surface area contributed by atoms with Crippen LogP contribution in [-0.2, 0) is 14.3 Å². The molecule has 0 amide bonds. The number of hydrogen-bond acceptors (Lipinski definition) is 3. The molecule has 2 atom stereocenters. The molecule has 0 bridgehead atoms. The van der Waals surface area contributed by atoms with Crippen LogP contribution in [0.3, 0.4) is 0 Å². The quantitative estimate of drug-likeness (QED) is 0.789. The molecule has 1 saturated carbocycles. The summed E-state index contributed by atoms with van der Waals surface area (Å²) in [7, 11) is 0. The SMILES string of the molecule is CC(C)(C)OC(=O)C[C@H]1C[C@@](C)(C(=O)O)C1(C)C. The molecule has 104 valence electrons. The molecule has 1 fully saturated rings. The summed E-state index contributed by atoms with van der Waals surface area (Å²) >= 11 is 0. The zero-order chi connectivity index (χ0) is 14.4. The van der Waals surface area contributed by atoms with Crippen LogP contribution >= 0.6 is 0 Å². The molecule has 0 aromatic rings. The van der Waals surface area contributed by atoms with Crippen molar-refractivity contribution in [2.24, 2.45) is 16.7 Å². The van der Waals surface area contributed by atoms with E-state index in [1.54, 1.807) is 6.92 Å². The maximum atomic E-state index is 11.8. The summed E-state index contributed by atoms with van der Waals surface area (Å²) in [6.07, 6.45) is 0.835. The summed E-state index contributed by atoms with van der Waals surface area (Å²) in [6.45, 7) is 11.1. The minimum atomic E-state index is -0.784. The molecule has 0 saturated heterocycles. The van der Waals surface area contributed by atoms with Gasteiger partial charge in [0, 0.05) is 6.42 Å². The fourth-order valence-corrected chi connectivity index (χ4v) is 2.61. The van der Waals surface area contributed by atoms with Gasteiger partial charge in [-0.1, -0.05) is 13.8 Å². The van der Waals surface area contributed by atoms with Crippen LogP contribution < -0.4 is 0 Å². The highest BCUT2D eigenvalue weighted by Crippen LogP contribution is 2.61. The molecule has 1 aliphatic carbocycles. The van der Waals surface area contributed by atoms with Gasteiger partial charge < -0.3 is 9.84 Å². The van der Waals surface area contributed by atoms with E-state index in [-0.39, 0.29) is 17.3 Å². The normalized spacial score (nSPS) is 30.4. The van der Waals surface area contributed by atoms with E-state index >= 15 is 0 Å². The Morgan fingerprint density at radius 1 is 1.28 bits per heavy atom. The van der Waals surface area contributed by atoms with Crippen molar-refractivity contribution in [1.82, 2.24) is 0 Å². The number of carboxylic acids is 1. The molecule has 0 aliphatic heterocycles. The lowest BCUT2D eigenvalue weighted by atomic mass is 9.45. The minimum Gasteiger partial charge on any atom is -0.481 e. The van der Waals surface area contributed by atoms with Gasteiger partial charge in [0.25, 0.3) is 0 Å². The molecule has 0 aromatic carbocycles. The average molecular weight is 256 g/mol. The maximum Gasteiger partial charge on any atom is 0.309 e. The van der Waals surface area contributed by atoms with Crippen LogP contribution in [0, 0.1) is 16.7 Å². The van der Waals surface area contributed by atoms with Crippen LogP contribution in [0.25, 0.3) is 0 Å². The van der Waals surface area contributed by atoms with Crippen molar-refractivity contribution in [3.8, 4) is 0 Å². The zero-order valence-corrected chi connectivity index (χ0v) is 12.2. The fourth-order valence-electron chi connectivity index (χ4n) is 2.61. The van der Waals surface area contributed by atoms with E-state index in [2.05, 4.69) is 0 Å². The predicted molar refractivity (Wildman–Crippen MR) is 68.1 cm³/mol. The summed E-state index contributed by atoms with van der Waals surface area (Å²) in [5, 5.41) is 9.25. The molecule has 0 unspecified atom stereocenters. The predicted octanol–water partition coefficient (Wildman–Crippen LogP) is 2.86. The Morgan fingerprint density at radius 3 is 2.11 bits per heavy atom. The Bertz CT molecular complexity index is 364. The van der Waals surface area contributed by atoms with Gasteiger partial charge in [-0.05, 0) is 45.4 Å². The molecule has 1 N–H and O–H groups in total. The van der Waals surface area contributed by atoms with Crippen LogP contribution in [0.1, 0.15) is 54.4 Å². The van der Waals surface area contributed by atoms with E-state index in [0.29, 0.717) is 12.8 Å². The lowest BCUT2D eigenvalue weighted by molar-refractivity contribution is -0.188. The van der Waals surface area contributed by atoms with Gasteiger partial charge in [-0.25, -0.2) is 0 Å². The third-order valence-corrected chi connectivity index (χ3v) is 4.40. The highest BCUT2D eigenvalue weighted by molar-refractivity contribution is 5.78. The first kappa shape index (κ1) is 15.0. The first-order valence-electron chi connectivity index (χ1n) is 6.35. The van der Waals surface area contributed by atoms with Crippen molar-refractivity contribution >= 4 is 11.9 Å². The molecule has 1 rings (SSSR count). The summed E-state index contributed by atoms with van der Waals surface area (Å²) in [5.74, 6) is -0.950. The Balaban J connectivity index is 2.64. The third-order valence-electron chi connectivity index (χ3n) is 4.40. The molecule has 4 heteroatoms. The summed E-state index contributed by atoms with van der Waals surface area (Å²) in [4.78, 5) is 23.0. The topological polar surface area (TPSA) is 63.6 Å². The van der Waals surface area contributed by atoms with Gasteiger partial charge in [0.15, 0.2) is 0 Å². The first-order valence-corrected chi connectivity index (χ1v) is 6.35. The maximum absolute atomic E-state index is 11.8. The van der Waals surface area contributed by atoms with Crippen molar-refractivity contribution < 1.29 is 19.4 Å². The van der Waals surface area contributed by atoms with E-state index in [0.717, 1.165) is 0 Å². The number of ether oxygens (including phenoxy) is 1. The monoisotopic (exact) mass is 256 g/mol. The van der Waals surface area contributed by atoms with Crippen LogP contribution in [0.4, 0.5) is 0 Å². The molecule has 1 aliphatic rings. The lowest BCUT2D eigenvalue weighted by Crippen LogP contribution is -2.58. The number of carbonyl (C=O) groups excluding carboxylic acids is 1. The van der Waals surface area contributed by atoms with E-state index in [4.69, 9.17) is 4.74 Å². The molecular weight excluding hydrogens is 232 g/mol. The molecule has 0 radical (unpaired) electrons. The molecule has 0 spiro atoms. The van der Waals surface area contributed by atoms with E-state index in [9.17, 15) is 14.7 Å². The van der Waals surface area contributed by atoms with Crippen molar-refractivity contribution in [2.45, 2.75) is 60.0 Å². The molecule has 0 aromatic heterocycles. The van der Waals surface area contributed by atoms with Crippen molar-refractivity contribution in [2.75, 3.05) is 0 Å². The largest absolute Gasteiger partial charge is 0.481 e. The number of aliphatic carboxylic acids is 1. The zero-order valence-electron chi connectivity index (χ0n) is 12.2. The second kappa shape index (κ2) is 4.25. The molecule has 18 heavy (non-hydrogen) atoms. The smallest absolute Gasteiger partial charge is 0.309 e.